The second kappa shape index (κ2) is 10.3. The van der Waals surface area contributed by atoms with E-state index in [9.17, 15) is 9.59 Å². The van der Waals surface area contributed by atoms with Gasteiger partial charge in [0.1, 0.15) is 6.56 Å². The number of anilines is 1. The van der Waals surface area contributed by atoms with Gasteiger partial charge in [-0.1, -0.05) is 48.0 Å². The number of hydrogen-bond acceptors (Lipinski definition) is 5. The molecule has 1 atom stereocenters. The highest BCUT2D eigenvalue weighted by atomic mass is 16.5. The lowest BCUT2D eigenvalue weighted by molar-refractivity contribution is -0.117. The minimum absolute atomic E-state index is 0.242. The summed E-state index contributed by atoms with van der Waals surface area (Å²) >= 11 is 0. The summed E-state index contributed by atoms with van der Waals surface area (Å²) in [6.45, 7) is -11.4. The van der Waals surface area contributed by atoms with Gasteiger partial charge in [-0.05, 0) is 60.0 Å². The van der Waals surface area contributed by atoms with Crippen LogP contribution in [0.2, 0.25) is 0 Å². The summed E-state index contributed by atoms with van der Waals surface area (Å²) in [5.41, 5.74) is 3.89. The van der Waals surface area contributed by atoms with E-state index >= 15 is 0 Å². The molecular weight excluding hydrogens is 426 g/mol. The highest BCUT2D eigenvalue weighted by Gasteiger charge is 2.19. The third-order valence-corrected chi connectivity index (χ3v) is 4.94. The number of pyridine rings is 1. The monoisotopic (exact) mass is 464 g/mol. The second-order valence-electron chi connectivity index (χ2n) is 7.24. The van der Waals surface area contributed by atoms with Crippen LogP contribution >= 0.6 is 0 Å². The molecule has 0 saturated carbocycles. The van der Waals surface area contributed by atoms with Gasteiger partial charge in [-0.2, -0.15) is 0 Å². The van der Waals surface area contributed by atoms with Crippen molar-refractivity contribution >= 4 is 28.3 Å². The number of aryl methyl sites for hydroxylation is 2. The maximum Gasteiger partial charge on any atom is 0.338 e. The van der Waals surface area contributed by atoms with Gasteiger partial charge in [0, 0.05) is 42.3 Å². The van der Waals surface area contributed by atoms with Gasteiger partial charge in [-0.3, -0.25) is 9.78 Å². The molecule has 0 aliphatic heterocycles. The summed E-state index contributed by atoms with van der Waals surface area (Å²) in [5, 5.41) is 4.03. The molecule has 0 unspecified atom stereocenters. The third-order valence-electron chi connectivity index (χ3n) is 4.94. The fraction of sp³-hybridized carbons (Fsp3) is 0.179. The Morgan fingerprint density at radius 1 is 1.09 bits per heavy atom. The van der Waals surface area contributed by atoms with Crippen molar-refractivity contribution in [3.05, 3.63) is 107 Å². The predicted molar refractivity (Wildman–Crippen MR) is 134 cm³/mol. The van der Waals surface area contributed by atoms with Crippen LogP contribution in [0.15, 0.2) is 79.1 Å². The smallest absolute Gasteiger partial charge is 0.338 e. The van der Waals surface area contributed by atoms with Gasteiger partial charge in [0.15, 0.2) is 0 Å². The number of nitrogens with two attached hydrogens (primary N) is 1. The van der Waals surface area contributed by atoms with Gasteiger partial charge in [-0.15, -0.1) is 0 Å². The summed E-state index contributed by atoms with van der Waals surface area (Å²) in [5.74, 6) is -5.21. The molecule has 6 heteroatoms. The fourth-order valence-corrected chi connectivity index (χ4v) is 3.22. The Bertz CT molecular complexity index is 1750. The first kappa shape index (κ1) is 13.0. The van der Waals surface area contributed by atoms with Crippen LogP contribution in [-0.2, 0) is 16.1 Å². The van der Waals surface area contributed by atoms with Crippen molar-refractivity contribution in [2.75, 3.05) is 11.8 Å². The van der Waals surface area contributed by atoms with Crippen LogP contribution in [0.5, 0.6) is 0 Å². The summed E-state index contributed by atoms with van der Waals surface area (Å²) in [6, 6.07) is 13.6. The molecule has 0 bridgehead atoms. The number of ether oxygens (including phenoxy) is 1. The third kappa shape index (κ3) is 5.30. The molecule has 0 aliphatic rings. The zero-order valence-corrected chi connectivity index (χ0v) is 17.8. The molecule has 1 amide bonds. The quantitative estimate of drug-likeness (QED) is 0.380. The molecule has 0 radical (unpaired) electrons. The Balaban J connectivity index is 1.61. The number of carbonyl (C=O) groups excluding carboxylic acids is 2. The molecule has 0 spiro atoms. The van der Waals surface area contributed by atoms with Crippen LogP contribution < -0.4 is 11.1 Å². The van der Waals surface area contributed by atoms with E-state index in [1.807, 2.05) is 0 Å². The summed E-state index contributed by atoms with van der Waals surface area (Å²) < 4.78 is 92.4. The topological polar surface area (TPSA) is 94.3 Å². The lowest BCUT2D eigenvalue weighted by atomic mass is 9.97. The summed E-state index contributed by atoms with van der Waals surface area (Å²) in [4.78, 5) is 30.3. The Morgan fingerprint density at radius 3 is 2.71 bits per heavy atom. The lowest BCUT2D eigenvalue weighted by Gasteiger charge is -2.16. The number of rotatable bonds is 7. The van der Waals surface area contributed by atoms with Crippen LogP contribution in [0.4, 0.5) is 5.69 Å². The SMILES string of the molecule is [2H]C([2H])([2H])c1ccc(C(=O)OC([2H])([2H])c2ccc([C@@]([2H])(C(=O)Nc3ccc4cnccc4c3)C([2H])([2H])N)cc2)c(C([2H])([2H])[2H])c1. The number of nitrogens with zero attached hydrogens (tertiary/aromatic N) is 1. The van der Waals surface area contributed by atoms with Crippen molar-refractivity contribution in [3.8, 4) is 0 Å². The average Bonchev–Trinajstić information content (AvgIpc) is 2.94. The van der Waals surface area contributed by atoms with Gasteiger partial charge in [0.05, 0.1) is 14.2 Å². The number of aromatic nitrogens is 1. The van der Waals surface area contributed by atoms with Crippen molar-refractivity contribution in [3.63, 3.8) is 0 Å². The van der Waals surface area contributed by atoms with E-state index < -0.39 is 55.7 Å². The molecule has 1 aromatic heterocycles. The molecule has 0 aliphatic carbocycles. The number of hydrogen-bond donors (Lipinski definition) is 2. The number of fused-ring (bicyclic) bond motifs is 1. The van der Waals surface area contributed by atoms with Crippen molar-refractivity contribution in [1.82, 2.24) is 4.98 Å². The number of benzene rings is 3. The van der Waals surface area contributed by atoms with Crippen molar-refractivity contribution in [2.24, 2.45) is 5.73 Å². The van der Waals surface area contributed by atoms with Gasteiger partial charge < -0.3 is 15.8 Å². The Morgan fingerprint density at radius 2 is 1.94 bits per heavy atom. The maximum absolute atomic E-state index is 13.3. The molecular formula is C28H27N3O3. The molecule has 34 heavy (non-hydrogen) atoms. The number of esters is 1. The van der Waals surface area contributed by atoms with Gasteiger partial charge in [0.2, 0.25) is 5.91 Å². The predicted octanol–water partition coefficient (Wildman–Crippen LogP) is 4.89. The highest BCUT2D eigenvalue weighted by molar-refractivity contribution is 5.98. The number of nitrogens with one attached hydrogen (secondary N) is 1. The molecule has 4 rings (SSSR count). The molecule has 1 heterocycles. The van der Waals surface area contributed by atoms with E-state index in [1.165, 1.54) is 0 Å². The first-order valence-corrected chi connectivity index (χ1v) is 10.1. The zero-order valence-electron chi connectivity index (χ0n) is 28.8. The highest BCUT2D eigenvalue weighted by Crippen LogP contribution is 2.22. The van der Waals surface area contributed by atoms with E-state index in [4.69, 9.17) is 25.5 Å². The van der Waals surface area contributed by atoms with E-state index in [2.05, 4.69) is 10.3 Å². The molecule has 4 aromatic rings. The molecule has 3 N–H and O–H groups in total. The van der Waals surface area contributed by atoms with E-state index in [0.29, 0.717) is 0 Å². The summed E-state index contributed by atoms with van der Waals surface area (Å²) in [7, 11) is 0. The van der Waals surface area contributed by atoms with Crippen molar-refractivity contribution < 1.29 is 29.4 Å². The summed E-state index contributed by atoms with van der Waals surface area (Å²) in [6.07, 6.45) is 3.18. The molecule has 6 nitrogen and oxygen atoms in total. The molecule has 0 saturated heterocycles. The maximum atomic E-state index is 13.3. The Kier molecular flexibility index (Phi) is 3.93. The van der Waals surface area contributed by atoms with Crippen LogP contribution in [0.1, 0.15) is 53.6 Å². The van der Waals surface area contributed by atoms with Crippen molar-refractivity contribution in [1.29, 1.82) is 0 Å². The molecule has 3 aromatic carbocycles. The van der Waals surface area contributed by atoms with Gasteiger partial charge in [-0.25, -0.2) is 4.79 Å². The molecule has 172 valence electrons. The van der Waals surface area contributed by atoms with E-state index in [0.717, 1.165) is 53.2 Å². The second-order valence-corrected chi connectivity index (χ2v) is 7.24. The zero-order chi connectivity index (χ0) is 33.6. The first-order valence-electron chi connectivity index (χ1n) is 15.6. The van der Waals surface area contributed by atoms with E-state index in [1.54, 1.807) is 36.7 Å². The normalized spacial score (nSPS) is 19.0. The van der Waals surface area contributed by atoms with Gasteiger partial charge in [0.25, 0.3) is 0 Å². The lowest BCUT2D eigenvalue weighted by Crippen LogP contribution is -2.27. The number of amides is 1. The fourth-order valence-electron chi connectivity index (χ4n) is 3.22. The van der Waals surface area contributed by atoms with Crippen LogP contribution in [0.3, 0.4) is 0 Å². The Labute approximate surface area is 214 Å². The molecule has 0 fully saturated rings. The van der Waals surface area contributed by atoms with Gasteiger partial charge >= 0.3 is 5.97 Å². The first-order chi connectivity index (χ1) is 20.6. The van der Waals surface area contributed by atoms with Crippen LogP contribution in [0.25, 0.3) is 10.8 Å². The minimum atomic E-state index is -2.92. The average molecular weight is 465 g/mol. The minimum Gasteiger partial charge on any atom is -0.457 e. The number of carbonyl (C=O) groups is 2. The van der Waals surface area contributed by atoms with Crippen LogP contribution in [0, 0.1) is 13.7 Å². The Hall–Kier alpha value is -4.03. The van der Waals surface area contributed by atoms with E-state index in [-0.39, 0.29) is 22.4 Å². The largest absolute Gasteiger partial charge is 0.457 e. The van der Waals surface area contributed by atoms with Crippen molar-refractivity contribution in [2.45, 2.75) is 26.2 Å². The standard InChI is InChI=1S/C28H27N3O3/c1-18-3-10-25(19(2)13-18)28(33)34-17-20-4-6-21(7-5-20)26(15-29)27(32)31-24-9-8-23-16-30-12-11-22(23)14-24/h3-14,16,26H,15,17,29H2,1-2H3,(H,31,32)/t26-/m0/s1/i1D3,2D3,15D2,17D2,26D. The van der Waals surface area contributed by atoms with Crippen LogP contribution in [-0.4, -0.2) is 23.4 Å².